The zero-order chi connectivity index (χ0) is 14.4. The van der Waals surface area contributed by atoms with Crippen molar-refractivity contribution in [1.82, 2.24) is 4.90 Å². The summed E-state index contributed by atoms with van der Waals surface area (Å²) in [6, 6.07) is 4.03. The third-order valence-electron chi connectivity index (χ3n) is 3.40. The fraction of sp³-hybridized carbons (Fsp3) is 0.600. The minimum atomic E-state index is -0.0718. The molecule has 0 amide bonds. The Kier molecular flexibility index (Phi) is 6.63. The highest BCUT2D eigenvalue weighted by Gasteiger charge is 2.17. The standard InChI is InChI=1S/C15H24ClNO2/c1-5-17(6-7-18)10-14(16)15-11(2)8-13(19-4)9-12(15)3/h8-9,14,18H,5-7,10H2,1-4H3. The number of hydrogen-bond donors (Lipinski definition) is 1. The van der Waals surface area contributed by atoms with Crippen molar-refractivity contribution in [2.45, 2.75) is 26.1 Å². The predicted molar refractivity (Wildman–Crippen MR) is 80.3 cm³/mol. The molecule has 0 fully saturated rings. The summed E-state index contributed by atoms with van der Waals surface area (Å²) in [5.41, 5.74) is 3.47. The van der Waals surface area contributed by atoms with Gasteiger partial charge in [-0.1, -0.05) is 6.92 Å². The van der Waals surface area contributed by atoms with Crippen LogP contribution in [0.2, 0.25) is 0 Å². The lowest BCUT2D eigenvalue weighted by atomic mass is 9.99. The van der Waals surface area contributed by atoms with Crippen LogP contribution in [0.3, 0.4) is 0 Å². The molecule has 0 aliphatic carbocycles. The third-order valence-corrected chi connectivity index (χ3v) is 3.75. The lowest BCUT2D eigenvalue weighted by Crippen LogP contribution is -2.30. The molecule has 0 radical (unpaired) electrons. The van der Waals surface area contributed by atoms with Gasteiger partial charge in [0.25, 0.3) is 0 Å². The number of benzene rings is 1. The molecule has 0 aliphatic rings. The van der Waals surface area contributed by atoms with Gasteiger partial charge >= 0.3 is 0 Å². The van der Waals surface area contributed by atoms with Crippen LogP contribution in [0, 0.1) is 13.8 Å². The first-order chi connectivity index (χ1) is 9.03. The summed E-state index contributed by atoms with van der Waals surface area (Å²) in [4.78, 5) is 2.15. The van der Waals surface area contributed by atoms with Crippen molar-refractivity contribution < 1.29 is 9.84 Å². The molecule has 1 aromatic rings. The Morgan fingerprint density at radius 2 is 1.89 bits per heavy atom. The predicted octanol–water partition coefficient (Wildman–Crippen LogP) is 2.91. The average Bonchev–Trinajstić information content (AvgIpc) is 2.37. The number of rotatable bonds is 7. The lowest BCUT2D eigenvalue weighted by Gasteiger charge is -2.24. The van der Waals surface area contributed by atoms with Gasteiger partial charge in [0, 0.05) is 13.1 Å². The number of alkyl halides is 1. The van der Waals surface area contributed by atoms with Crippen LogP contribution in [0.5, 0.6) is 5.75 Å². The number of hydrogen-bond acceptors (Lipinski definition) is 3. The topological polar surface area (TPSA) is 32.7 Å². The minimum absolute atomic E-state index is 0.0718. The van der Waals surface area contributed by atoms with Gasteiger partial charge in [0.2, 0.25) is 0 Å². The van der Waals surface area contributed by atoms with Crippen molar-refractivity contribution in [3.63, 3.8) is 0 Å². The maximum atomic E-state index is 9.03. The molecule has 3 nitrogen and oxygen atoms in total. The molecule has 0 spiro atoms. The van der Waals surface area contributed by atoms with Crippen molar-refractivity contribution in [3.8, 4) is 5.75 Å². The summed E-state index contributed by atoms with van der Waals surface area (Å²) in [7, 11) is 1.67. The maximum Gasteiger partial charge on any atom is 0.119 e. The van der Waals surface area contributed by atoms with Crippen LogP contribution in [0.25, 0.3) is 0 Å². The van der Waals surface area contributed by atoms with Gasteiger partial charge in [0.1, 0.15) is 5.75 Å². The molecule has 0 saturated carbocycles. The number of methoxy groups -OCH3 is 1. The molecule has 0 aliphatic heterocycles. The van der Waals surface area contributed by atoms with E-state index >= 15 is 0 Å². The van der Waals surface area contributed by atoms with E-state index in [0.29, 0.717) is 6.54 Å². The molecule has 0 saturated heterocycles. The minimum Gasteiger partial charge on any atom is -0.497 e. The van der Waals surface area contributed by atoms with Crippen LogP contribution in [0.4, 0.5) is 0 Å². The smallest absolute Gasteiger partial charge is 0.119 e. The molecule has 1 unspecified atom stereocenters. The van der Waals surface area contributed by atoms with Crippen molar-refractivity contribution in [3.05, 3.63) is 28.8 Å². The summed E-state index contributed by atoms with van der Waals surface area (Å²) >= 11 is 6.56. The Bertz CT molecular complexity index is 386. The highest BCUT2D eigenvalue weighted by Crippen LogP contribution is 2.31. The van der Waals surface area contributed by atoms with Crippen molar-refractivity contribution in [2.75, 3.05) is 33.4 Å². The number of aryl methyl sites for hydroxylation is 2. The SMILES string of the molecule is CCN(CCO)CC(Cl)c1c(C)cc(OC)cc1C. The molecule has 1 aromatic carbocycles. The number of aliphatic hydroxyl groups excluding tert-OH is 1. The highest BCUT2D eigenvalue weighted by molar-refractivity contribution is 6.21. The first kappa shape index (κ1) is 16.3. The summed E-state index contributed by atoms with van der Waals surface area (Å²) < 4.78 is 5.26. The molecule has 108 valence electrons. The molecule has 1 rings (SSSR count). The average molecular weight is 286 g/mol. The quantitative estimate of drug-likeness (QED) is 0.782. The molecule has 4 heteroatoms. The van der Waals surface area contributed by atoms with E-state index < -0.39 is 0 Å². The van der Waals surface area contributed by atoms with Gasteiger partial charge in [-0.05, 0) is 49.2 Å². The van der Waals surface area contributed by atoms with E-state index in [9.17, 15) is 0 Å². The monoisotopic (exact) mass is 285 g/mol. The second-order valence-corrected chi connectivity index (χ2v) is 5.29. The Hall–Kier alpha value is -0.770. The Balaban J connectivity index is 2.90. The van der Waals surface area contributed by atoms with Gasteiger partial charge in [0.15, 0.2) is 0 Å². The molecule has 0 heterocycles. The van der Waals surface area contributed by atoms with E-state index in [4.69, 9.17) is 21.4 Å². The van der Waals surface area contributed by atoms with E-state index in [0.717, 1.165) is 30.0 Å². The number of halogens is 1. The number of likely N-dealkylation sites (N-methyl/N-ethyl adjacent to an activating group) is 1. The summed E-state index contributed by atoms with van der Waals surface area (Å²) in [5, 5.41) is 8.96. The molecule has 0 bridgehead atoms. The summed E-state index contributed by atoms with van der Waals surface area (Å²) in [6.45, 7) is 8.65. The third kappa shape index (κ3) is 4.37. The van der Waals surface area contributed by atoms with Crippen molar-refractivity contribution in [2.24, 2.45) is 0 Å². The van der Waals surface area contributed by atoms with Crippen LogP contribution >= 0.6 is 11.6 Å². The van der Waals surface area contributed by atoms with Crippen LogP contribution in [0.1, 0.15) is 29.0 Å². The van der Waals surface area contributed by atoms with Crippen molar-refractivity contribution >= 4 is 11.6 Å². The number of aliphatic hydroxyl groups is 1. The second-order valence-electron chi connectivity index (χ2n) is 4.76. The first-order valence-corrected chi connectivity index (χ1v) is 7.09. The maximum absolute atomic E-state index is 9.03. The largest absolute Gasteiger partial charge is 0.497 e. The van der Waals surface area contributed by atoms with Gasteiger partial charge < -0.3 is 9.84 Å². The first-order valence-electron chi connectivity index (χ1n) is 6.65. The van der Waals surface area contributed by atoms with Crippen LogP contribution in [0.15, 0.2) is 12.1 Å². The van der Waals surface area contributed by atoms with E-state index in [1.165, 1.54) is 5.56 Å². The molecule has 1 N–H and O–H groups in total. The van der Waals surface area contributed by atoms with E-state index in [2.05, 4.69) is 25.7 Å². The van der Waals surface area contributed by atoms with Crippen LogP contribution < -0.4 is 4.74 Å². The fourth-order valence-electron chi connectivity index (χ4n) is 2.38. The number of nitrogens with zero attached hydrogens (tertiary/aromatic N) is 1. The van der Waals surface area contributed by atoms with E-state index in [1.807, 2.05) is 12.1 Å². The fourth-order valence-corrected chi connectivity index (χ4v) is 2.92. The lowest BCUT2D eigenvalue weighted by molar-refractivity contribution is 0.202. The van der Waals surface area contributed by atoms with E-state index in [-0.39, 0.29) is 12.0 Å². The Labute approximate surface area is 121 Å². The highest BCUT2D eigenvalue weighted by atomic mass is 35.5. The second kappa shape index (κ2) is 7.73. The molecule has 1 atom stereocenters. The normalized spacial score (nSPS) is 12.8. The molecule has 0 aromatic heterocycles. The van der Waals surface area contributed by atoms with Crippen LogP contribution in [-0.4, -0.2) is 43.4 Å². The summed E-state index contributed by atoms with van der Waals surface area (Å²) in [6.07, 6.45) is 0. The molecule has 19 heavy (non-hydrogen) atoms. The molecular weight excluding hydrogens is 262 g/mol. The Morgan fingerprint density at radius 3 is 2.32 bits per heavy atom. The van der Waals surface area contributed by atoms with Gasteiger partial charge in [-0.3, -0.25) is 4.90 Å². The van der Waals surface area contributed by atoms with Crippen LogP contribution in [-0.2, 0) is 0 Å². The van der Waals surface area contributed by atoms with Gasteiger partial charge in [-0.2, -0.15) is 0 Å². The Morgan fingerprint density at radius 1 is 1.32 bits per heavy atom. The van der Waals surface area contributed by atoms with Crippen molar-refractivity contribution in [1.29, 1.82) is 0 Å². The zero-order valence-corrected chi connectivity index (χ0v) is 13.0. The van der Waals surface area contributed by atoms with Gasteiger partial charge in [-0.25, -0.2) is 0 Å². The van der Waals surface area contributed by atoms with Gasteiger partial charge in [-0.15, -0.1) is 11.6 Å². The van der Waals surface area contributed by atoms with Gasteiger partial charge in [0.05, 0.1) is 19.1 Å². The number of ether oxygens (including phenoxy) is 1. The zero-order valence-electron chi connectivity index (χ0n) is 12.2. The van der Waals surface area contributed by atoms with E-state index in [1.54, 1.807) is 7.11 Å². The molecular formula is C15H24ClNO2. The summed E-state index contributed by atoms with van der Waals surface area (Å²) in [5.74, 6) is 0.866.